The van der Waals surface area contributed by atoms with E-state index >= 15 is 0 Å². The molecule has 1 aromatic rings. The van der Waals surface area contributed by atoms with Gasteiger partial charge in [0.05, 0.1) is 0 Å². The van der Waals surface area contributed by atoms with Gasteiger partial charge in [-0.3, -0.25) is 4.79 Å². The second-order valence-corrected chi connectivity index (χ2v) is 6.02. The zero-order valence-corrected chi connectivity index (χ0v) is 13.1. The zero-order chi connectivity index (χ0) is 13.4. The molecule has 2 aliphatic rings. The van der Waals surface area contributed by atoms with E-state index in [1.165, 1.54) is 5.56 Å². The Bertz CT molecular complexity index is 495. The molecule has 110 valence electrons. The first-order valence-electron chi connectivity index (χ1n) is 6.93. The Morgan fingerprint density at radius 1 is 1.45 bits per heavy atom. The minimum atomic E-state index is 0. The van der Waals surface area contributed by atoms with Crippen LogP contribution in [0.15, 0.2) is 24.3 Å². The molecule has 0 radical (unpaired) electrons. The van der Waals surface area contributed by atoms with E-state index in [-0.39, 0.29) is 18.3 Å². The average Bonchev–Trinajstić information content (AvgIpc) is 3.19. The number of hydrogen-bond acceptors (Lipinski definition) is 2. The molecule has 1 N–H and O–H groups in total. The zero-order valence-electron chi connectivity index (χ0n) is 11.5. The second kappa shape index (κ2) is 6.33. The Labute approximate surface area is 131 Å². The van der Waals surface area contributed by atoms with E-state index in [4.69, 9.17) is 11.6 Å². The van der Waals surface area contributed by atoms with E-state index < -0.39 is 0 Å². The molecule has 2 fully saturated rings. The maximum Gasteiger partial charge on any atom is 0.226 e. The molecule has 1 saturated heterocycles. The molecule has 5 heteroatoms. The van der Waals surface area contributed by atoms with Crippen LogP contribution in [0.3, 0.4) is 0 Å². The highest BCUT2D eigenvalue weighted by Crippen LogP contribution is 2.49. The van der Waals surface area contributed by atoms with Crippen molar-refractivity contribution >= 4 is 29.9 Å². The Kier molecular flexibility index (Phi) is 4.95. The summed E-state index contributed by atoms with van der Waals surface area (Å²) in [5, 5.41) is 4.07. The van der Waals surface area contributed by atoms with Crippen LogP contribution in [-0.2, 0) is 4.79 Å². The highest BCUT2D eigenvalue weighted by Gasteiger charge is 2.46. The summed E-state index contributed by atoms with van der Waals surface area (Å²) in [6, 6.07) is 8.21. The lowest BCUT2D eigenvalue weighted by Gasteiger charge is -2.34. The molecule has 3 unspecified atom stereocenters. The third-order valence-corrected chi connectivity index (χ3v) is 4.40. The molecule has 1 aliphatic heterocycles. The molecule has 3 rings (SSSR count). The number of carbonyl (C=O) groups is 1. The van der Waals surface area contributed by atoms with Crippen molar-refractivity contribution in [2.24, 2.45) is 5.92 Å². The summed E-state index contributed by atoms with van der Waals surface area (Å²) in [6.07, 6.45) is 0.968. The standard InChI is InChI=1S/C15H19ClN2O.ClH/c1-10-9-17-5-6-18(10)15(19)14-8-13(14)11-3-2-4-12(16)7-11;/h2-4,7,10,13-14,17H,5-6,8-9H2,1H3;1H. The van der Waals surface area contributed by atoms with Gasteiger partial charge in [0.1, 0.15) is 0 Å². The van der Waals surface area contributed by atoms with E-state index in [0.29, 0.717) is 17.9 Å². The van der Waals surface area contributed by atoms with E-state index in [1.807, 2.05) is 23.1 Å². The van der Waals surface area contributed by atoms with E-state index in [2.05, 4.69) is 18.3 Å². The van der Waals surface area contributed by atoms with Gasteiger partial charge in [0, 0.05) is 36.6 Å². The SMILES string of the molecule is CC1CNCCN1C(=O)C1CC1c1cccc(Cl)c1.Cl. The van der Waals surface area contributed by atoms with Crippen molar-refractivity contribution in [1.82, 2.24) is 10.2 Å². The van der Waals surface area contributed by atoms with Crippen molar-refractivity contribution in [3.05, 3.63) is 34.9 Å². The van der Waals surface area contributed by atoms with Crippen molar-refractivity contribution in [3.63, 3.8) is 0 Å². The molecule has 3 nitrogen and oxygen atoms in total. The molecule has 20 heavy (non-hydrogen) atoms. The Balaban J connectivity index is 0.00000147. The summed E-state index contributed by atoms with van der Waals surface area (Å²) in [7, 11) is 0. The molecule has 1 heterocycles. The second-order valence-electron chi connectivity index (χ2n) is 5.59. The number of halogens is 2. The van der Waals surface area contributed by atoms with Gasteiger partial charge in [0.15, 0.2) is 0 Å². The maximum atomic E-state index is 12.5. The number of hydrogen-bond donors (Lipinski definition) is 1. The first kappa shape index (κ1) is 15.6. The van der Waals surface area contributed by atoms with Crippen LogP contribution in [0.4, 0.5) is 0 Å². The van der Waals surface area contributed by atoms with Gasteiger partial charge in [-0.1, -0.05) is 23.7 Å². The first-order valence-corrected chi connectivity index (χ1v) is 7.31. The van der Waals surface area contributed by atoms with Crippen LogP contribution in [-0.4, -0.2) is 36.5 Å². The predicted octanol–water partition coefficient (Wildman–Crippen LogP) is 2.69. The predicted molar refractivity (Wildman–Crippen MR) is 83.6 cm³/mol. The van der Waals surface area contributed by atoms with Gasteiger partial charge in [-0.05, 0) is 37.0 Å². The summed E-state index contributed by atoms with van der Waals surface area (Å²) in [5.74, 6) is 0.853. The summed E-state index contributed by atoms with van der Waals surface area (Å²) in [5.41, 5.74) is 1.20. The van der Waals surface area contributed by atoms with Crippen LogP contribution in [0.2, 0.25) is 5.02 Å². The van der Waals surface area contributed by atoms with Crippen molar-refractivity contribution in [2.75, 3.05) is 19.6 Å². The number of nitrogens with zero attached hydrogens (tertiary/aromatic N) is 1. The number of amides is 1. The molecule has 1 aromatic carbocycles. The van der Waals surface area contributed by atoms with Gasteiger partial charge >= 0.3 is 0 Å². The van der Waals surface area contributed by atoms with E-state index in [1.54, 1.807) is 0 Å². The molecule has 0 aromatic heterocycles. The number of rotatable bonds is 2. The quantitative estimate of drug-likeness (QED) is 0.910. The van der Waals surface area contributed by atoms with E-state index in [9.17, 15) is 4.79 Å². The van der Waals surface area contributed by atoms with Crippen LogP contribution in [0.5, 0.6) is 0 Å². The molecule has 1 amide bonds. The third-order valence-electron chi connectivity index (χ3n) is 4.17. The highest BCUT2D eigenvalue weighted by molar-refractivity contribution is 6.30. The molecule has 3 atom stereocenters. The van der Waals surface area contributed by atoms with Gasteiger partial charge in [0.2, 0.25) is 5.91 Å². The molecular formula is C15H20Cl2N2O. The summed E-state index contributed by atoms with van der Waals surface area (Å²) in [6.45, 7) is 4.75. The van der Waals surface area contributed by atoms with Crippen molar-refractivity contribution in [2.45, 2.75) is 25.3 Å². The maximum absolute atomic E-state index is 12.5. The van der Waals surface area contributed by atoms with Crippen LogP contribution in [0.1, 0.15) is 24.8 Å². The van der Waals surface area contributed by atoms with Crippen LogP contribution in [0, 0.1) is 5.92 Å². The molecule has 1 saturated carbocycles. The van der Waals surface area contributed by atoms with Gasteiger partial charge in [-0.2, -0.15) is 0 Å². The number of nitrogens with one attached hydrogen (secondary N) is 1. The molecular weight excluding hydrogens is 295 g/mol. The molecule has 0 bridgehead atoms. The fourth-order valence-electron chi connectivity index (χ4n) is 2.95. The Morgan fingerprint density at radius 2 is 2.25 bits per heavy atom. The highest BCUT2D eigenvalue weighted by atomic mass is 35.5. The van der Waals surface area contributed by atoms with Crippen molar-refractivity contribution < 1.29 is 4.79 Å². The number of piperazine rings is 1. The van der Waals surface area contributed by atoms with Crippen LogP contribution >= 0.6 is 24.0 Å². The lowest BCUT2D eigenvalue weighted by molar-refractivity contribution is -0.135. The van der Waals surface area contributed by atoms with E-state index in [0.717, 1.165) is 31.1 Å². The van der Waals surface area contributed by atoms with Gasteiger partial charge in [-0.25, -0.2) is 0 Å². The monoisotopic (exact) mass is 314 g/mol. The van der Waals surface area contributed by atoms with Crippen LogP contribution in [0.25, 0.3) is 0 Å². The van der Waals surface area contributed by atoms with Gasteiger partial charge in [-0.15, -0.1) is 12.4 Å². The lowest BCUT2D eigenvalue weighted by Crippen LogP contribution is -2.52. The first-order chi connectivity index (χ1) is 9.16. The topological polar surface area (TPSA) is 32.3 Å². The summed E-state index contributed by atoms with van der Waals surface area (Å²) in [4.78, 5) is 14.5. The summed E-state index contributed by atoms with van der Waals surface area (Å²) >= 11 is 6.01. The minimum Gasteiger partial charge on any atom is -0.337 e. The lowest BCUT2D eigenvalue weighted by atomic mass is 10.1. The fraction of sp³-hybridized carbons (Fsp3) is 0.533. The third kappa shape index (κ3) is 3.11. The van der Waals surface area contributed by atoms with Crippen molar-refractivity contribution in [3.8, 4) is 0 Å². The minimum absolute atomic E-state index is 0. The molecule has 1 aliphatic carbocycles. The Morgan fingerprint density at radius 3 is 2.95 bits per heavy atom. The smallest absolute Gasteiger partial charge is 0.226 e. The van der Waals surface area contributed by atoms with Crippen LogP contribution < -0.4 is 5.32 Å². The van der Waals surface area contributed by atoms with Gasteiger partial charge < -0.3 is 10.2 Å². The summed E-state index contributed by atoms with van der Waals surface area (Å²) < 4.78 is 0. The fourth-order valence-corrected chi connectivity index (χ4v) is 3.15. The largest absolute Gasteiger partial charge is 0.337 e. The van der Waals surface area contributed by atoms with Gasteiger partial charge in [0.25, 0.3) is 0 Å². The normalized spacial score (nSPS) is 28.7. The Hall–Kier alpha value is -0.770. The van der Waals surface area contributed by atoms with Crippen molar-refractivity contribution in [1.29, 1.82) is 0 Å². The number of carbonyl (C=O) groups excluding carboxylic acids is 1. The number of benzene rings is 1. The molecule has 0 spiro atoms. The average molecular weight is 315 g/mol.